The largest absolute Gasteiger partial charge is 0.339 e. The highest BCUT2D eigenvalue weighted by Gasteiger charge is 2.31. The molecule has 0 radical (unpaired) electrons. The number of sulfonamides is 1. The Hall–Kier alpha value is -2.27. The van der Waals surface area contributed by atoms with Gasteiger partial charge in [-0.15, -0.1) is 11.3 Å². The van der Waals surface area contributed by atoms with Gasteiger partial charge in [0.2, 0.25) is 10.0 Å². The maximum Gasteiger partial charge on any atom is 0.257 e. The Morgan fingerprint density at radius 1 is 1.00 bits per heavy atom. The molecule has 1 saturated heterocycles. The minimum Gasteiger partial charge on any atom is -0.339 e. The van der Waals surface area contributed by atoms with Crippen LogP contribution in [0.1, 0.15) is 71.2 Å². The second-order valence-electron chi connectivity index (χ2n) is 9.25. The smallest absolute Gasteiger partial charge is 0.257 e. The first-order valence-corrected chi connectivity index (χ1v) is 15.1. The van der Waals surface area contributed by atoms with Crippen molar-refractivity contribution >= 4 is 38.2 Å². The summed E-state index contributed by atoms with van der Waals surface area (Å²) < 4.78 is 26.9. The summed E-state index contributed by atoms with van der Waals surface area (Å²) in [4.78, 5) is 32.4. The highest BCUT2D eigenvalue weighted by Crippen LogP contribution is 2.38. The number of piperidine rings is 1. The Kier molecular flexibility index (Phi) is 8.49. The third-order valence-electron chi connectivity index (χ3n) is 7.13. The van der Waals surface area contributed by atoms with Gasteiger partial charge in [-0.2, -0.15) is 4.31 Å². The predicted molar refractivity (Wildman–Crippen MR) is 143 cm³/mol. The molecular weight excluding hydrogens is 496 g/mol. The summed E-state index contributed by atoms with van der Waals surface area (Å²) in [6.07, 6.45) is 3.95. The van der Waals surface area contributed by atoms with Crippen LogP contribution in [0.2, 0.25) is 0 Å². The summed E-state index contributed by atoms with van der Waals surface area (Å²) in [5.74, 6) is -0.339. The molecule has 0 saturated carbocycles. The van der Waals surface area contributed by atoms with Gasteiger partial charge in [-0.25, -0.2) is 8.42 Å². The lowest BCUT2D eigenvalue weighted by Gasteiger charge is -2.29. The van der Waals surface area contributed by atoms with Crippen molar-refractivity contribution in [3.63, 3.8) is 0 Å². The standard InChI is InChI=1S/C26H36N4O4S2/c1-4-28-17-14-21-22(18-28)35-25(23(21)26(32)29-15-8-7-9-16-29)27-24(31)19-10-12-20(13-11-19)36(33,34)30(5-2)6-3/h10-13H,4-9,14-18H2,1-3H3,(H,27,31). The van der Waals surface area contributed by atoms with E-state index in [1.807, 2.05) is 4.90 Å². The number of fused-ring (bicyclic) bond motifs is 1. The second-order valence-corrected chi connectivity index (χ2v) is 12.3. The third-order valence-corrected chi connectivity index (χ3v) is 10.3. The molecule has 0 spiro atoms. The summed E-state index contributed by atoms with van der Waals surface area (Å²) >= 11 is 1.49. The molecule has 0 bridgehead atoms. The van der Waals surface area contributed by atoms with Gasteiger partial charge in [-0.3, -0.25) is 14.5 Å². The molecule has 2 amide bonds. The zero-order valence-electron chi connectivity index (χ0n) is 21.4. The maximum atomic E-state index is 13.6. The maximum absolute atomic E-state index is 13.6. The summed E-state index contributed by atoms with van der Waals surface area (Å²) in [5.41, 5.74) is 2.06. The van der Waals surface area contributed by atoms with E-state index in [1.54, 1.807) is 13.8 Å². The van der Waals surface area contributed by atoms with Crippen molar-refractivity contribution in [2.24, 2.45) is 0 Å². The van der Waals surface area contributed by atoms with Gasteiger partial charge in [0.15, 0.2) is 0 Å². The Bertz CT molecular complexity index is 1200. The second kappa shape index (κ2) is 11.4. The highest BCUT2D eigenvalue weighted by atomic mass is 32.2. The van der Waals surface area contributed by atoms with Crippen molar-refractivity contribution in [1.29, 1.82) is 0 Å². The van der Waals surface area contributed by atoms with Gasteiger partial charge < -0.3 is 10.2 Å². The molecular formula is C26H36N4O4S2. The van der Waals surface area contributed by atoms with E-state index in [9.17, 15) is 18.0 Å². The summed E-state index contributed by atoms with van der Waals surface area (Å²) in [7, 11) is -3.59. The monoisotopic (exact) mass is 532 g/mol. The van der Waals surface area contributed by atoms with Gasteiger partial charge in [-0.05, 0) is 62.1 Å². The van der Waals surface area contributed by atoms with Crippen LogP contribution in [0.5, 0.6) is 0 Å². The van der Waals surface area contributed by atoms with Crippen molar-refractivity contribution < 1.29 is 18.0 Å². The van der Waals surface area contributed by atoms with E-state index in [0.29, 0.717) is 29.2 Å². The molecule has 1 aromatic carbocycles. The van der Waals surface area contributed by atoms with E-state index >= 15 is 0 Å². The molecule has 8 nitrogen and oxygen atoms in total. The fourth-order valence-corrected chi connectivity index (χ4v) is 7.70. The van der Waals surface area contributed by atoms with Crippen molar-refractivity contribution in [2.45, 2.75) is 57.9 Å². The molecule has 0 atom stereocenters. The molecule has 4 rings (SSSR count). The third kappa shape index (κ3) is 5.37. The first kappa shape index (κ1) is 26.8. The molecule has 1 N–H and O–H groups in total. The van der Waals surface area contributed by atoms with Gasteiger partial charge in [0, 0.05) is 49.7 Å². The summed E-state index contributed by atoms with van der Waals surface area (Å²) in [6.45, 7) is 10.6. The fraction of sp³-hybridized carbons (Fsp3) is 0.538. The lowest BCUT2D eigenvalue weighted by molar-refractivity contribution is 0.0724. The van der Waals surface area contributed by atoms with Gasteiger partial charge >= 0.3 is 0 Å². The Balaban J connectivity index is 1.60. The number of likely N-dealkylation sites (tertiary alicyclic amines) is 1. The number of carbonyl (C=O) groups excluding carboxylic acids is 2. The molecule has 2 aromatic rings. The van der Waals surface area contributed by atoms with Crippen LogP contribution < -0.4 is 5.32 Å². The average molecular weight is 533 g/mol. The number of amides is 2. The number of nitrogens with one attached hydrogen (secondary N) is 1. The quantitative estimate of drug-likeness (QED) is 0.554. The van der Waals surface area contributed by atoms with Crippen molar-refractivity contribution in [3.8, 4) is 0 Å². The van der Waals surface area contributed by atoms with E-state index in [4.69, 9.17) is 0 Å². The van der Waals surface area contributed by atoms with Crippen LogP contribution in [0.15, 0.2) is 29.2 Å². The highest BCUT2D eigenvalue weighted by molar-refractivity contribution is 7.89. The molecule has 196 valence electrons. The number of anilines is 1. The first-order chi connectivity index (χ1) is 17.3. The van der Waals surface area contributed by atoms with Gasteiger partial charge in [-0.1, -0.05) is 20.8 Å². The molecule has 3 heterocycles. The molecule has 36 heavy (non-hydrogen) atoms. The van der Waals surface area contributed by atoms with E-state index in [0.717, 1.165) is 68.8 Å². The van der Waals surface area contributed by atoms with Crippen molar-refractivity contribution in [2.75, 3.05) is 44.6 Å². The minimum absolute atomic E-state index is 0.00751. The van der Waals surface area contributed by atoms with E-state index in [2.05, 4.69) is 17.1 Å². The van der Waals surface area contributed by atoms with Crippen LogP contribution in [-0.2, 0) is 23.0 Å². The molecule has 1 aromatic heterocycles. The molecule has 0 aliphatic carbocycles. The van der Waals surface area contributed by atoms with Crippen LogP contribution in [0.4, 0.5) is 5.00 Å². The van der Waals surface area contributed by atoms with Crippen LogP contribution in [0.25, 0.3) is 0 Å². The van der Waals surface area contributed by atoms with Crippen LogP contribution >= 0.6 is 11.3 Å². The topological polar surface area (TPSA) is 90.0 Å². The molecule has 10 heteroatoms. The van der Waals surface area contributed by atoms with Gasteiger partial charge in [0.25, 0.3) is 11.8 Å². The lowest BCUT2D eigenvalue weighted by atomic mass is 10.0. The molecule has 2 aliphatic heterocycles. The van der Waals surface area contributed by atoms with Crippen LogP contribution in [-0.4, -0.2) is 73.6 Å². The number of hydrogen-bond acceptors (Lipinski definition) is 6. The zero-order chi connectivity index (χ0) is 25.9. The lowest BCUT2D eigenvalue weighted by Crippen LogP contribution is -2.37. The SMILES string of the molecule is CCN1CCc2c(sc(NC(=O)c3ccc(S(=O)(=O)N(CC)CC)cc3)c2C(=O)N2CCCCC2)C1. The molecule has 1 fully saturated rings. The van der Waals surface area contributed by atoms with Crippen LogP contribution in [0, 0.1) is 0 Å². The number of rotatable bonds is 8. The van der Waals surface area contributed by atoms with Crippen molar-refractivity contribution in [1.82, 2.24) is 14.1 Å². The molecule has 2 aliphatic rings. The summed E-state index contributed by atoms with van der Waals surface area (Å²) in [6, 6.07) is 6.01. The van der Waals surface area contributed by atoms with Crippen LogP contribution in [0.3, 0.4) is 0 Å². The number of carbonyl (C=O) groups is 2. The van der Waals surface area contributed by atoms with Gasteiger partial charge in [0.05, 0.1) is 10.5 Å². The minimum atomic E-state index is -3.59. The number of thiophene rings is 1. The van der Waals surface area contributed by atoms with Crippen molar-refractivity contribution in [3.05, 3.63) is 45.8 Å². The van der Waals surface area contributed by atoms with E-state index in [-0.39, 0.29) is 16.7 Å². The van der Waals surface area contributed by atoms with E-state index < -0.39 is 10.0 Å². The Morgan fingerprint density at radius 2 is 1.67 bits per heavy atom. The zero-order valence-corrected chi connectivity index (χ0v) is 23.0. The summed E-state index contributed by atoms with van der Waals surface area (Å²) in [5, 5.41) is 3.59. The average Bonchev–Trinajstić information content (AvgIpc) is 3.26. The Labute approximate surface area is 218 Å². The number of hydrogen-bond donors (Lipinski definition) is 1. The van der Waals surface area contributed by atoms with Gasteiger partial charge in [0.1, 0.15) is 5.00 Å². The van der Waals surface area contributed by atoms with E-state index in [1.165, 1.54) is 39.9 Å². The number of likely N-dealkylation sites (N-methyl/N-ethyl adjacent to an activating group) is 1. The fourth-order valence-electron chi connectivity index (χ4n) is 4.96. The first-order valence-electron chi connectivity index (χ1n) is 12.9. The number of nitrogens with zero attached hydrogens (tertiary/aromatic N) is 3. The number of benzene rings is 1. The Morgan fingerprint density at radius 3 is 2.28 bits per heavy atom. The normalized spacial score (nSPS) is 16.7. The predicted octanol–water partition coefficient (Wildman–Crippen LogP) is 4.04. The molecule has 0 unspecified atom stereocenters.